The molecule has 0 unspecified atom stereocenters. The van der Waals surface area contributed by atoms with Crippen LogP contribution in [0.5, 0.6) is 0 Å². The molecule has 0 radical (unpaired) electrons. The molecule has 20 heavy (non-hydrogen) atoms. The Bertz CT molecular complexity index is 500. The largest absolute Gasteiger partial charge is 0.477 e. The lowest BCUT2D eigenvalue weighted by Gasteiger charge is -2.11. The van der Waals surface area contributed by atoms with Crippen molar-refractivity contribution in [1.29, 1.82) is 0 Å². The molecule has 2 N–H and O–H groups in total. The molecule has 0 saturated carbocycles. The molecule has 0 saturated heterocycles. The molecule has 0 aromatic heterocycles. The van der Waals surface area contributed by atoms with E-state index in [2.05, 4.69) is 5.32 Å². The summed E-state index contributed by atoms with van der Waals surface area (Å²) in [5.41, 5.74) is 0.651. The van der Waals surface area contributed by atoms with Gasteiger partial charge in [0.05, 0.1) is 4.91 Å². The first kappa shape index (κ1) is 16.7. The van der Waals surface area contributed by atoms with Crippen molar-refractivity contribution in [2.45, 2.75) is 13.8 Å². The number of carbonyl (C=O) groups excluding carboxylic acids is 1. The summed E-state index contributed by atoms with van der Waals surface area (Å²) in [6.07, 6.45) is 0. The summed E-state index contributed by atoms with van der Waals surface area (Å²) in [6.45, 7) is 3.74. The number of carbonyl (C=O) groups is 2. The van der Waals surface area contributed by atoms with Crippen molar-refractivity contribution < 1.29 is 14.7 Å². The van der Waals surface area contributed by atoms with Crippen LogP contribution in [0.3, 0.4) is 0 Å². The second-order valence-electron chi connectivity index (χ2n) is 3.65. The number of hydrogen-bond donors (Lipinski definition) is 2. The van der Waals surface area contributed by atoms with Crippen molar-refractivity contribution in [2.75, 3.05) is 16.8 Å². The monoisotopic (exact) mass is 311 g/mol. The smallest absolute Gasteiger partial charge is 0.343 e. The van der Waals surface area contributed by atoms with Crippen molar-refractivity contribution in [2.24, 2.45) is 0 Å². The molecule has 6 heteroatoms. The summed E-state index contributed by atoms with van der Waals surface area (Å²) >= 11 is 2.42. The van der Waals surface area contributed by atoms with Gasteiger partial charge in [0.25, 0.3) is 5.91 Å². The number of aliphatic carboxylic acids is 1. The summed E-state index contributed by atoms with van der Waals surface area (Å²) in [5.74, 6) is -0.190. The molecule has 1 rings (SSSR count). The number of nitrogens with one attached hydrogen (secondary N) is 1. The molecule has 0 bridgehead atoms. The second kappa shape index (κ2) is 8.71. The van der Waals surface area contributed by atoms with Crippen LogP contribution in [0.2, 0.25) is 0 Å². The van der Waals surface area contributed by atoms with Crippen molar-refractivity contribution in [3.8, 4) is 0 Å². The molecular formula is C14H17NO3S2. The molecule has 1 amide bonds. The van der Waals surface area contributed by atoms with Crippen molar-refractivity contribution in [3.05, 3.63) is 40.1 Å². The number of hydrogen-bond acceptors (Lipinski definition) is 4. The minimum absolute atomic E-state index is 0.104. The average Bonchev–Trinajstić information content (AvgIpc) is 2.43. The molecule has 108 valence electrons. The molecule has 0 fully saturated rings. The predicted molar refractivity (Wildman–Crippen MR) is 86.0 cm³/mol. The maximum Gasteiger partial charge on any atom is 0.343 e. The van der Waals surface area contributed by atoms with E-state index < -0.39 is 5.97 Å². The first-order valence-electron chi connectivity index (χ1n) is 6.19. The van der Waals surface area contributed by atoms with Gasteiger partial charge in [-0.3, -0.25) is 4.79 Å². The first-order valence-corrected chi connectivity index (χ1v) is 8.16. The molecule has 1 aromatic rings. The summed E-state index contributed by atoms with van der Waals surface area (Å²) in [5, 5.41) is 12.0. The maximum absolute atomic E-state index is 12.3. The number of thioether (sulfide) groups is 2. The number of carboxylic acid groups (broad SMARTS) is 1. The van der Waals surface area contributed by atoms with Gasteiger partial charge < -0.3 is 10.4 Å². The molecule has 1 aromatic carbocycles. The zero-order valence-electron chi connectivity index (χ0n) is 11.4. The van der Waals surface area contributed by atoms with Gasteiger partial charge in [0.1, 0.15) is 4.91 Å². The highest BCUT2D eigenvalue weighted by molar-refractivity contribution is 8.07. The van der Waals surface area contributed by atoms with Gasteiger partial charge in [-0.1, -0.05) is 32.0 Å². The number of anilines is 1. The molecule has 0 aliphatic heterocycles. The third-order valence-electron chi connectivity index (χ3n) is 2.22. The number of benzene rings is 1. The van der Waals surface area contributed by atoms with Gasteiger partial charge in [-0.15, -0.1) is 23.5 Å². The van der Waals surface area contributed by atoms with Crippen molar-refractivity contribution in [1.82, 2.24) is 0 Å². The summed E-state index contributed by atoms with van der Waals surface area (Å²) in [7, 11) is 0. The normalized spacial score (nSPS) is 11.7. The minimum atomic E-state index is -1.06. The molecule has 0 atom stereocenters. The van der Waals surface area contributed by atoms with Crippen LogP contribution < -0.4 is 5.32 Å². The Balaban J connectivity index is 3.02. The second-order valence-corrected chi connectivity index (χ2v) is 6.20. The fraction of sp³-hybridized carbons (Fsp3) is 0.286. The van der Waals surface area contributed by atoms with Crippen molar-refractivity contribution >= 4 is 41.1 Å². The highest BCUT2D eigenvalue weighted by Gasteiger charge is 2.21. The number of amides is 1. The van der Waals surface area contributed by atoms with E-state index >= 15 is 0 Å². The van der Waals surface area contributed by atoms with E-state index in [0.29, 0.717) is 17.2 Å². The molecule has 0 spiro atoms. The molecule has 0 aliphatic carbocycles. The van der Waals surface area contributed by atoms with Crippen LogP contribution in [-0.4, -0.2) is 28.5 Å². The zero-order chi connectivity index (χ0) is 15.0. The quantitative estimate of drug-likeness (QED) is 0.755. The van der Waals surface area contributed by atoms with E-state index in [1.54, 1.807) is 12.1 Å². The Morgan fingerprint density at radius 3 is 2.10 bits per heavy atom. The Labute approximate surface area is 127 Å². The van der Waals surface area contributed by atoms with Crippen LogP contribution in [-0.2, 0) is 9.59 Å². The minimum Gasteiger partial charge on any atom is -0.477 e. The third kappa shape index (κ3) is 4.94. The lowest BCUT2D eigenvalue weighted by Crippen LogP contribution is -2.16. The Morgan fingerprint density at radius 2 is 1.60 bits per heavy atom. The highest BCUT2D eigenvalue weighted by Crippen LogP contribution is 2.29. The Kier molecular flexibility index (Phi) is 7.25. The molecule has 0 aliphatic rings. The number of para-hydroxylation sites is 1. The topological polar surface area (TPSA) is 66.4 Å². The standard InChI is InChI=1S/C14H17NO3S2/c1-3-19-11(12(14(17)18)20-4-2)13(16)15-10-8-6-5-7-9-10/h5-9H,3-4H2,1-2H3,(H,15,16)(H,17,18)/b12-11-. The van der Waals surface area contributed by atoms with Gasteiger partial charge in [-0.05, 0) is 23.6 Å². The fourth-order valence-electron chi connectivity index (χ4n) is 1.46. The van der Waals surface area contributed by atoms with Gasteiger partial charge in [-0.25, -0.2) is 4.79 Å². The molecular weight excluding hydrogens is 294 g/mol. The van der Waals surface area contributed by atoms with Gasteiger partial charge in [-0.2, -0.15) is 0 Å². The van der Waals surface area contributed by atoms with E-state index in [0.717, 1.165) is 0 Å². The van der Waals surface area contributed by atoms with Crippen LogP contribution in [0, 0.1) is 0 Å². The Morgan fingerprint density at radius 1 is 1.05 bits per heavy atom. The highest BCUT2D eigenvalue weighted by atomic mass is 32.2. The van der Waals surface area contributed by atoms with Crippen LogP contribution >= 0.6 is 23.5 Å². The SMILES string of the molecule is CCS/C(C(=O)O)=C(\SCC)C(=O)Nc1ccccc1. The van der Waals surface area contributed by atoms with E-state index in [1.165, 1.54) is 23.5 Å². The number of rotatable bonds is 7. The zero-order valence-corrected chi connectivity index (χ0v) is 13.0. The van der Waals surface area contributed by atoms with Crippen molar-refractivity contribution in [3.63, 3.8) is 0 Å². The van der Waals surface area contributed by atoms with Gasteiger partial charge >= 0.3 is 5.97 Å². The maximum atomic E-state index is 12.3. The Hall–Kier alpha value is -1.40. The third-order valence-corrected chi connectivity index (χ3v) is 4.27. The molecule has 0 heterocycles. The van der Waals surface area contributed by atoms with Gasteiger partial charge in [0, 0.05) is 5.69 Å². The van der Waals surface area contributed by atoms with E-state index in [4.69, 9.17) is 0 Å². The van der Waals surface area contributed by atoms with E-state index in [9.17, 15) is 14.7 Å². The predicted octanol–water partition coefficient (Wildman–Crippen LogP) is 3.43. The van der Waals surface area contributed by atoms with E-state index in [-0.39, 0.29) is 15.7 Å². The van der Waals surface area contributed by atoms with Gasteiger partial charge in [0.2, 0.25) is 0 Å². The average molecular weight is 311 g/mol. The fourth-order valence-corrected chi connectivity index (χ4v) is 3.14. The summed E-state index contributed by atoms with van der Waals surface area (Å²) in [4.78, 5) is 23.9. The van der Waals surface area contributed by atoms with Gasteiger partial charge in [0.15, 0.2) is 0 Å². The number of carboxylic acids is 1. The lowest BCUT2D eigenvalue weighted by molar-refractivity contribution is -0.132. The summed E-state index contributed by atoms with van der Waals surface area (Å²) < 4.78 is 0. The first-order chi connectivity index (χ1) is 9.60. The van der Waals surface area contributed by atoms with Crippen LogP contribution in [0.15, 0.2) is 40.1 Å². The molecule has 4 nitrogen and oxygen atoms in total. The van der Waals surface area contributed by atoms with Crippen LogP contribution in [0.4, 0.5) is 5.69 Å². The van der Waals surface area contributed by atoms with Crippen LogP contribution in [0.1, 0.15) is 13.8 Å². The van der Waals surface area contributed by atoms with Crippen LogP contribution in [0.25, 0.3) is 0 Å². The summed E-state index contributed by atoms with van der Waals surface area (Å²) in [6, 6.07) is 9.00. The lowest BCUT2D eigenvalue weighted by atomic mass is 10.3. The van der Waals surface area contributed by atoms with E-state index in [1.807, 2.05) is 32.0 Å².